The van der Waals surface area contributed by atoms with Crippen LogP contribution in [0.2, 0.25) is 0 Å². The Balaban J connectivity index is 1.52. The van der Waals surface area contributed by atoms with Gasteiger partial charge in [0.25, 0.3) is 0 Å². The molecule has 3 rings (SSSR count). The zero-order valence-electron chi connectivity index (χ0n) is 13.2. The van der Waals surface area contributed by atoms with E-state index in [1.54, 1.807) is 0 Å². The summed E-state index contributed by atoms with van der Waals surface area (Å²) in [7, 11) is 0. The Morgan fingerprint density at radius 1 is 1.14 bits per heavy atom. The van der Waals surface area contributed by atoms with Crippen LogP contribution in [-0.2, 0) is 12.0 Å². The fourth-order valence-corrected chi connectivity index (χ4v) is 2.90. The molecule has 0 bridgehead atoms. The van der Waals surface area contributed by atoms with Crippen molar-refractivity contribution in [2.24, 2.45) is 5.92 Å². The molecule has 21 heavy (non-hydrogen) atoms. The van der Waals surface area contributed by atoms with Crippen LogP contribution in [0.3, 0.4) is 0 Å². The minimum atomic E-state index is 0.127. The molecule has 1 aromatic heterocycles. The third kappa shape index (κ3) is 3.38. The minimum Gasteiger partial charge on any atom is -0.464 e. The first-order chi connectivity index (χ1) is 10.1. The summed E-state index contributed by atoms with van der Waals surface area (Å²) >= 11 is 0. The van der Waals surface area contributed by atoms with Crippen LogP contribution in [-0.4, -0.2) is 6.54 Å². The van der Waals surface area contributed by atoms with Gasteiger partial charge in [0.2, 0.25) is 0 Å². The Kier molecular flexibility index (Phi) is 3.90. The Morgan fingerprint density at radius 2 is 1.86 bits per heavy atom. The van der Waals surface area contributed by atoms with E-state index in [0.29, 0.717) is 5.92 Å². The zero-order chi connectivity index (χ0) is 14.9. The van der Waals surface area contributed by atoms with Gasteiger partial charge in [-0.3, -0.25) is 0 Å². The normalized spacial score (nSPS) is 21.5. The third-order valence-corrected chi connectivity index (χ3v) is 4.58. The van der Waals surface area contributed by atoms with Crippen LogP contribution in [0.15, 0.2) is 46.9 Å². The zero-order valence-corrected chi connectivity index (χ0v) is 13.2. The van der Waals surface area contributed by atoms with Crippen LogP contribution in [0.5, 0.6) is 0 Å². The van der Waals surface area contributed by atoms with Crippen LogP contribution >= 0.6 is 0 Å². The lowest BCUT2D eigenvalue weighted by molar-refractivity contribution is 0.415. The quantitative estimate of drug-likeness (QED) is 0.846. The second kappa shape index (κ2) is 5.69. The molecule has 0 saturated heterocycles. The molecule has 1 aromatic carbocycles. The summed E-state index contributed by atoms with van der Waals surface area (Å²) in [6.07, 6.45) is 1.28. The molecule has 1 aliphatic rings. The van der Waals surface area contributed by atoms with E-state index in [9.17, 15) is 0 Å². The highest BCUT2D eigenvalue weighted by Crippen LogP contribution is 2.47. The molecule has 0 radical (unpaired) electrons. The van der Waals surface area contributed by atoms with Crippen molar-refractivity contribution in [1.82, 2.24) is 5.32 Å². The first kappa shape index (κ1) is 14.4. The minimum absolute atomic E-state index is 0.127. The highest BCUT2D eigenvalue weighted by Gasteiger charge is 2.36. The van der Waals surface area contributed by atoms with Gasteiger partial charge < -0.3 is 9.73 Å². The highest BCUT2D eigenvalue weighted by atomic mass is 16.3. The number of hydrogen-bond donors (Lipinski definition) is 1. The van der Waals surface area contributed by atoms with Gasteiger partial charge in [0, 0.05) is 17.9 Å². The summed E-state index contributed by atoms with van der Waals surface area (Å²) in [5.74, 6) is 3.68. The van der Waals surface area contributed by atoms with Crippen molar-refractivity contribution in [2.45, 2.75) is 45.1 Å². The Hall–Kier alpha value is -1.54. The first-order valence-electron chi connectivity index (χ1n) is 7.91. The van der Waals surface area contributed by atoms with Crippen LogP contribution in [0.4, 0.5) is 0 Å². The summed E-state index contributed by atoms with van der Waals surface area (Å²) in [5, 5.41) is 3.53. The maximum absolute atomic E-state index is 5.94. The molecule has 1 heterocycles. The van der Waals surface area contributed by atoms with Crippen molar-refractivity contribution in [2.75, 3.05) is 6.54 Å². The molecule has 1 fully saturated rings. The molecule has 2 unspecified atom stereocenters. The van der Waals surface area contributed by atoms with E-state index in [-0.39, 0.29) is 5.41 Å². The Morgan fingerprint density at radius 3 is 2.52 bits per heavy atom. The van der Waals surface area contributed by atoms with Crippen molar-refractivity contribution in [3.05, 3.63) is 59.5 Å². The molecular formula is C19H25NO. The largest absolute Gasteiger partial charge is 0.464 e. The van der Waals surface area contributed by atoms with Gasteiger partial charge in [-0.2, -0.15) is 0 Å². The number of nitrogens with one attached hydrogen (secondary N) is 1. The van der Waals surface area contributed by atoms with Crippen LogP contribution in [0, 0.1) is 5.92 Å². The fraction of sp³-hybridized carbons (Fsp3) is 0.474. The lowest BCUT2D eigenvalue weighted by Gasteiger charge is -2.25. The number of rotatable bonds is 6. The smallest absolute Gasteiger partial charge is 0.117 e. The average Bonchev–Trinajstić information content (AvgIpc) is 3.02. The molecule has 1 saturated carbocycles. The molecule has 0 aliphatic heterocycles. The summed E-state index contributed by atoms with van der Waals surface area (Å²) in [5.41, 5.74) is 1.49. The molecule has 2 atom stereocenters. The van der Waals surface area contributed by atoms with Gasteiger partial charge in [-0.25, -0.2) is 0 Å². The van der Waals surface area contributed by atoms with Gasteiger partial charge in [-0.1, -0.05) is 51.1 Å². The van der Waals surface area contributed by atoms with E-state index in [1.165, 1.54) is 17.7 Å². The van der Waals surface area contributed by atoms with E-state index in [1.807, 2.05) is 0 Å². The number of furan rings is 1. The first-order valence-corrected chi connectivity index (χ1v) is 7.91. The van der Waals surface area contributed by atoms with Gasteiger partial charge in [0.15, 0.2) is 0 Å². The molecule has 1 N–H and O–H groups in total. The van der Waals surface area contributed by atoms with Crippen molar-refractivity contribution in [3.63, 3.8) is 0 Å². The van der Waals surface area contributed by atoms with Crippen molar-refractivity contribution in [3.8, 4) is 0 Å². The van der Waals surface area contributed by atoms with Crippen LogP contribution in [0.1, 0.15) is 50.2 Å². The second-order valence-electron chi connectivity index (χ2n) is 6.98. The monoisotopic (exact) mass is 283 g/mol. The molecule has 2 aromatic rings. The third-order valence-electron chi connectivity index (χ3n) is 4.58. The van der Waals surface area contributed by atoms with E-state index in [2.05, 4.69) is 68.6 Å². The molecule has 2 nitrogen and oxygen atoms in total. The molecule has 0 spiro atoms. The standard InChI is InChI=1S/C19H25NO/c1-14-11-17(14)18-10-9-16(21-18)12-20-13-19(2,3)15-7-5-4-6-8-15/h4-10,14,17,20H,11-13H2,1-3H3. The maximum Gasteiger partial charge on any atom is 0.117 e. The van der Waals surface area contributed by atoms with Crippen molar-refractivity contribution < 1.29 is 4.42 Å². The predicted molar refractivity (Wildman–Crippen MR) is 86.4 cm³/mol. The average molecular weight is 283 g/mol. The fourth-order valence-electron chi connectivity index (χ4n) is 2.90. The van der Waals surface area contributed by atoms with E-state index in [4.69, 9.17) is 4.42 Å². The van der Waals surface area contributed by atoms with Gasteiger partial charge >= 0.3 is 0 Å². The second-order valence-corrected chi connectivity index (χ2v) is 6.98. The number of hydrogen-bond acceptors (Lipinski definition) is 2. The van der Waals surface area contributed by atoms with Crippen molar-refractivity contribution >= 4 is 0 Å². The summed E-state index contributed by atoms with van der Waals surface area (Å²) in [6.45, 7) is 8.57. The summed E-state index contributed by atoms with van der Waals surface area (Å²) in [4.78, 5) is 0. The van der Waals surface area contributed by atoms with Crippen molar-refractivity contribution in [1.29, 1.82) is 0 Å². The molecule has 2 heteroatoms. The lowest BCUT2D eigenvalue weighted by atomic mass is 9.84. The molecular weight excluding hydrogens is 258 g/mol. The molecule has 112 valence electrons. The summed E-state index contributed by atoms with van der Waals surface area (Å²) in [6, 6.07) is 14.9. The molecule has 1 aliphatic carbocycles. The van der Waals surface area contributed by atoms with E-state index < -0.39 is 0 Å². The predicted octanol–water partition coefficient (Wildman–Crippen LogP) is 4.47. The summed E-state index contributed by atoms with van der Waals surface area (Å²) < 4.78 is 5.94. The SMILES string of the molecule is CC1CC1c1ccc(CNCC(C)(C)c2ccccc2)o1. The van der Waals surface area contributed by atoms with Gasteiger partial charge in [-0.15, -0.1) is 0 Å². The van der Waals surface area contributed by atoms with Gasteiger partial charge in [0.05, 0.1) is 6.54 Å². The topological polar surface area (TPSA) is 25.2 Å². The number of benzene rings is 1. The van der Waals surface area contributed by atoms with E-state index in [0.717, 1.165) is 24.8 Å². The van der Waals surface area contributed by atoms with Crippen LogP contribution in [0.25, 0.3) is 0 Å². The highest BCUT2D eigenvalue weighted by molar-refractivity contribution is 5.24. The molecule has 0 amide bonds. The van der Waals surface area contributed by atoms with Crippen LogP contribution < -0.4 is 5.32 Å². The van der Waals surface area contributed by atoms with E-state index >= 15 is 0 Å². The van der Waals surface area contributed by atoms with Gasteiger partial charge in [0.1, 0.15) is 11.5 Å². The van der Waals surface area contributed by atoms with Gasteiger partial charge in [-0.05, 0) is 30.0 Å². The Labute approximate surface area is 127 Å². The Bertz CT molecular complexity index is 585. The maximum atomic E-state index is 5.94. The lowest BCUT2D eigenvalue weighted by Crippen LogP contribution is -2.32.